The molecule has 16 heavy (non-hydrogen) atoms. The van der Waals surface area contributed by atoms with Crippen molar-refractivity contribution in [3.05, 3.63) is 0 Å². The van der Waals surface area contributed by atoms with Crippen molar-refractivity contribution in [3.63, 3.8) is 0 Å². The largest absolute Gasteiger partial charge is 0.306 e. The molecule has 1 nitrogen and oxygen atoms in total. The highest BCUT2D eigenvalue weighted by Gasteiger charge is 2.50. The fourth-order valence-corrected chi connectivity index (χ4v) is 3.78. The summed E-state index contributed by atoms with van der Waals surface area (Å²) in [5.74, 6) is 0. The van der Waals surface area contributed by atoms with Crippen LogP contribution in [-0.4, -0.2) is 25.0 Å². The maximum absolute atomic E-state index is 2.55. The number of hydrogen-bond acceptors (Lipinski definition) is 1. The molecule has 0 saturated carbocycles. The summed E-state index contributed by atoms with van der Waals surface area (Å²) >= 11 is 0. The molecule has 1 fully saturated rings. The standard InChI is InChI=1S/C15H31N/c1-13(2,3)15(14(4,5)6)10-8-9-11-16(7)12-15/h8-12H2,1-7H3. The molecule has 0 bridgehead atoms. The van der Waals surface area contributed by atoms with Gasteiger partial charge in [0.25, 0.3) is 0 Å². The Hall–Kier alpha value is -0.0400. The Morgan fingerprint density at radius 3 is 1.81 bits per heavy atom. The average molecular weight is 225 g/mol. The Kier molecular flexibility index (Phi) is 3.79. The number of likely N-dealkylation sites (tertiary alicyclic amines) is 1. The first kappa shape index (κ1) is 14.0. The molecule has 0 atom stereocenters. The van der Waals surface area contributed by atoms with Crippen molar-refractivity contribution in [2.45, 2.75) is 60.8 Å². The Morgan fingerprint density at radius 2 is 1.38 bits per heavy atom. The first-order valence-electron chi connectivity index (χ1n) is 6.79. The lowest BCUT2D eigenvalue weighted by Gasteiger charge is -2.55. The fraction of sp³-hybridized carbons (Fsp3) is 1.00. The Bertz CT molecular complexity index is 215. The average Bonchev–Trinajstić information content (AvgIpc) is 2.24. The third kappa shape index (κ3) is 2.45. The predicted octanol–water partition coefficient (Wildman–Crippen LogP) is 4.18. The van der Waals surface area contributed by atoms with Gasteiger partial charge in [-0.1, -0.05) is 48.0 Å². The van der Waals surface area contributed by atoms with Gasteiger partial charge < -0.3 is 4.90 Å². The Labute approximate surface area is 103 Å². The van der Waals surface area contributed by atoms with E-state index in [-0.39, 0.29) is 0 Å². The maximum atomic E-state index is 2.55. The predicted molar refractivity (Wildman–Crippen MR) is 72.7 cm³/mol. The minimum absolute atomic E-state index is 0.379. The second-order valence-corrected chi connectivity index (χ2v) is 7.78. The Balaban J connectivity index is 3.12. The quantitative estimate of drug-likeness (QED) is 0.598. The van der Waals surface area contributed by atoms with Crippen LogP contribution in [0, 0.1) is 16.2 Å². The van der Waals surface area contributed by atoms with E-state index in [1.165, 1.54) is 32.4 Å². The molecule has 0 radical (unpaired) electrons. The molecule has 0 aromatic heterocycles. The lowest BCUT2D eigenvalue weighted by molar-refractivity contribution is -0.0547. The van der Waals surface area contributed by atoms with Gasteiger partial charge in [0.05, 0.1) is 0 Å². The molecule has 1 aliphatic rings. The highest BCUT2D eigenvalue weighted by molar-refractivity contribution is 5.01. The number of nitrogens with zero attached hydrogens (tertiary/aromatic N) is 1. The highest BCUT2D eigenvalue weighted by Crippen LogP contribution is 2.55. The topological polar surface area (TPSA) is 3.24 Å². The van der Waals surface area contributed by atoms with Gasteiger partial charge in [-0.25, -0.2) is 0 Å². The van der Waals surface area contributed by atoms with E-state index in [1.807, 2.05) is 0 Å². The van der Waals surface area contributed by atoms with Crippen LogP contribution in [0.3, 0.4) is 0 Å². The van der Waals surface area contributed by atoms with Crippen LogP contribution in [0.25, 0.3) is 0 Å². The zero-order chi connectivity index (χ0) is 12.6. The van der Waals surface area contributed by atoms with Crippen LogP contribution < -0.4 is 0 Å². The minimum atomic E-state index is 0.379. The summed E-state index contributed by atoms with van der Waals surface area (Å²) in [5, 5.41) is 0. The van der Waals surface area contributed by atoms with Gasteiger partial charge in [0.1, 0.15) is 0 Å². The summed E-state index contributed by atoms with van der Waals surface area (Å²) in [6.45, 7) is 17.1. The van der Waals surface area contributed by atoms with E-state index in [9.17, 15) is 0 Å². The molecule has 0 unspecified atom stereocenters. The van der Waals surface area contributed by atoms with Gasteiger partial charge in [-0.15, -0.1) is 0 Å². The van der Waals surface area contributed by atoms with Crippen LogP contribution in [0.1, 0.15) is 60.8 Å². The smallest absolute Gasteiger partial charge is 0.00450 e. The molecule has 96 valence electrons. The SMILES string of the molecule is CN1CCCCC(C(C)(C)C)(C(C)(C)C)C1. The van der Waals surface area contributed by atoms with E-state index in [1.54, 1.807) is 0 Å². The molecular formula is C15H31N. The van der Waals surface area contributed by atoms with Gasteiger partial charge in [0.2, 0.25) is 0 Å². The van der Waals surface area contributed by atoms with Gasteiger partial charge in [0, 0.05) is 6.54 Å². The van der Waals surface area contributed by atoms with Crippen molar-refractivity contribution in [3.8, 4) is 0 Å². The molecule has 1 heteroatoms. The summed E-state index contributed by atoms with van der Waals surface area (Å²) in [6, 6.07) is 0. The third-order valence-corrected chi connectivity index (χ3v) is 4.80. The van der Waals surface area contributed by atoms with E-state index < -0.39 is 0 Å². The summed E-state index contributed by atoms with van der Waals surface area (Å²) < 4.78 is 0. The molecule has 0 N–H and O–H groups in total. The van der Waals surface area contributed by atoms with Gasteiger partial charge in [-0.05, 0) is 42.7 Å². The molecule has 1 heterocycles. The molecule has 1 aliphatic heterocycles. The van der Waals surface area contributed by atoms with E-state index in [0.717, 1.165) is 0 Å². The zero-order valence-electron chi connectivity index (χ0n) is 12.5. The highest BCUT2D eigenvalue weighted by atomic mass is 15.1. The van der Waals surface area contributed by atoms with E-state index in [0.29, 0.717) is 16.2 Å². The zero-order valence-corrected chi connectivity index (χ0v) is 12.5. The lowest BCUT2D eigenvalue weighted by atomic mass is 9.52. The molecule has 0 aromatic carbocycles. The van der Waals surface area contributed by atoms with Gasteiger partial charge in [-0.2, -0.15) is 0 Å². The maximum Gasteiger partial charge on any atom is 0.00450 e. The van der Waals surface area contributed by atoms with Gasteiger partial charge in [0.15, 0.2) is 0 Å². The minimum Gasteiger partial charge on any atom is -0.306 e. The third-order valence-electron chi connectivity index (χ3n) is 4.80. The second kappa shape index (κ2) is 4.33. The first-order valence-corrected chi connectivity index (χ1v) is 6.79. The first-order chi connectivity index (χ1) is 7.10. The molecule has 1 rings (SSSR count). The van der Waals surface area contributed by atoms with Gasteiger partial charge in [-0.3, -0.25) is 0 Å². The normalized spacial score (nSPS) is 24.2. The van der Waals surface area contributed by atoms with Crippen LogP contribution in [0.2, 0.25) is 0 Å². The number of rotatable bonds is 0. The second-order valence-electron chi connectivity index (χ2n) is 7.78. The van der Waals surface area contributed by atoms with E-state index in [2.05, 4.69) is 53.5 Å². The summed E-state index contributed by atoms with van der Waals surface area (Å²) in [6.07, 6.45) is 4.13. The lowest BCUT2D eigenvalue weighted by Crippen LogP contribution is -2.52. The monoisotopic (exact) mass is 225 g/mol. The van der Waals surface area contributed by atoms with E-state index in [4.69, 9.17) is 0 Å². The molecular weight excluding hydrogens is 194 g/mol. The Morgan fingerprint density at radius 1 is 0.875 bits per heavy atom. The van der Waals surface area contributed by atoms with Crippen LogP contribution in [-0.2, 0) is 0 Å². The molecule has 0 spiro atoms. The van der Waals surface area contributed by atoms with E-state index >= 15 is 0 Å². The van der Waals surface area contributed by atoms with Crippen LogP contribution in [0.15, 0.2) is 0 Å². The molecule has 0 aliphatic carbocycles. The summed E-state index contributed by atoms with van der Waals surface area (Å²) in [7, 11) is 2.29. The van der Waals surface area contributed by atoms with Crippen LogP contribution >= 0.6 is 0 Å². The van der Waals surface area contributed by atoms with Crippen molar-refractivity contribution in [1.29, 1.82) is 0 Å². The number of hydrogen-bond donors (Lipinski definition) is 0. The van der Waals surface area contributed by atoms with Crippen LogP contribution in [0.4, 0.5) is 0 Å². The van der Waals surface area contributed by atoms with Crippen molar-refractivity contribution < 1.29 is 0 Å². The molecule has 1 saturated heterocycles. The molecule has 0 amide bonds. The van der Waals surface area contributed by atoms with Crippen LogP contribution in [0.5, 0.6) is 0 Å². The van der Waals surface area contributed by atoms with Crippen molar-refractivity contribution >= 4 is 0 Å². The van der Waals surface area contributed by atoms with Crippen molar-refractivity contribution in [2.75, 3.05) is 20.1 Å². The summed E-state index contributed by atoms with van der Waals surface area (Å²) in [4.78, 5) is 2.55. The van der Waals surface area contributed by atoms with Crippen molar-refractivity contribution in [1.82, 2.24) is 4.90 Å². The molecule has 0 aromatic rings. The van der Waals surface area contributed by atoms with Crippen molar-refractivity contribution in [2.24, 2.45) is 16.2 Å². The summed E-state index contributed by atoms with van der Waals surface area (Å²) in [5.41, 5.74) is 1.19. The van der Waals surface area contributed by atoms with Gasteiger partial charge >= 0.3 is 0 Å². The fourth-order valence-electron chi connectivity index (χ4n) is 3.78.